The SMILES string of the molecule is C=CC[C@@H](O)[C@H](O)[C@@H](O)CO. The second-order valence-corrected chi connectivity index (χ2v) is 2.33. The Labute approximate surface area is 65.4 Å². The lowest BCUT2D eigenvalue weighted by molar-refractivity contribution is -0.0747. The van der Waals surface area contributed by atoms with Crippen molar-refractivity contribution in [3.8, 4) is 0 Å². The fraction of sp³-hybridized carbons (Fsp3) is 0.714. The second-order valence-electron chi connectivity index (χ2n) is 2.33. The highest BCUT2D eigenvalue weighted by atomic mass is 16.4. The average Bonchev–Trinajstić information content (AvgIpc) is 2.02. The van der Waals surface area contributed by atoms with Gasteiger partial charge in [-0.2, -0.15) is 0 Å². The molecule has 0 amide bonds. The zero-order chi connectivity index (χ0) is 8.85. The van der Waals surface area contributed by atoms with Crippen molar-refractivity contribution in [1.82, 2.24) is 0 Å². The lowest BCUT2D eigenvalue weighted by Gasteiger charge is -2.19. The summed E-state index contributed by atoms with van der Waals surface area (Å²) >= 11 is 0. The van der Waals surface area contributed by atoms with E-state index in [1.54, 1.807) is 0 Å². The van der Waals surface area contributed by atoms with E-state index in [-0.39, 0.29) is 6.42 Å². The minimum Gasteiger partial charge on any atom is -0.394 e. The predicted molar refractivity (Wildman–Crippen MR) is 39.9 cm³/mol. The van der Waals surface area contributed by atoms with Crippen LogP contribution in [-0.4, -0.2) is 45.3 Å². The first-order chi connectivity index (χ1) is 5.13. The normalized spacial score (nSPS) is 18.9. The molecule has 0 fully saturated rings. The van der Waals surface area contributed by atoms with Crippen molar-refractivity contribution in [2.75, 3.05) is 6.61 Å². The Morgan fingerprint density at radius 1 is 1.18 bits per heavy atom. The summed E-state index contributed by atoms with van der Waals surface area (Å²) < 4.78 is 0. The Morgan fingerprint density at radius 3 is 2.09 bits per heavy atom. The quantitative estimate of drug-likeness (QED) is 0.376. The smallest absolute Gasteiger partial charge is 0.108 e. The van der Waals surface area contributed by atoms with E-state index in [1.165, 1.54) is 6.08 Å². The fourth-order valence-electron chi connectivity index (χ4n) is 0.675. The summed E-state index contributed by atoms with van der Waals surface area (Å²) in [6, 6.07) is 0. The van der Waals surface area contributed by atoms with Gasteiger partial charge in [0.1, 0.15) is 12.2 Å². The monoisotopic (exact) mass is 162 g/mol. The Morgan fingerprint density at radius 2 is 1.73 bits per heavy atom. The number of hydrogen-bond donors (Lipinski definition) is 4. The summed E-state index contributed by atoms with van der Waals surface area (Å²) in [5, 5.41) is 35.2. The van der Waals surface area contributed by atoms with E-state index >= 15 is 0 Å². The van der Waals surface area contributed by atoms with E-state index in [1.807, 2.05) is 0 Å². The van der Waals surface area contributed by atoms with E-state index in [4.69, 9.17) is 20.4 Å². The van der Waals surface area contributed by atoms with Gasteiger partial charge < -0.3 is 20.4 Å². The molecule has 0 bridgehead atoms. The molecule has 0 aliphatic carbocycles. The molecule has 0 saturated carbocycles. The van der Waals surface area contributed by atoms with Crippen LogP contribution in [0, 0.1) is 0 Å². The Hall–Kier alpha value is -0.420. The number of aliphatic hydroxyl groups is 4. The molecule has 0 spiro atoms. The molecule has 0 rings (SSSR count). The van der Waals surface area contributed by atoms with Crippen LogP contribution in [0.15, 0.2) is 12.7 Å². The molecule has 4 N–H and O–H groups in total. The maximum Gasteiger partial charge on any atom is 0.108 e. The van der Waals surface area contributed by atoms with Crippen molar-refractivity contribution >= 4 is 0 Å². The van der Waals surface area contributed by atoms with Crippen LogP contribution in [0.5, 0.6) is 0 Å². The first-order valence-corrected chi connectivity index (χ1v) is 3.39. The Kier molecular flexibility index (Phi) is 5.06. The molecule has 4 heteroatoms. The molecule has 0 aromatic heterocycles. The topological polar surface area (TPSA) is 80.9 Å². The van der Waals surface area contributed by atoms with Gasteiger partial charge in [0.15, 0.2) is 0 Å². The predicted octanol–water partition coefficient (Wildman–Crippen LogP) is -1.36. The van der Waals surface area contributed by atoms with Crippen LogP contribution in [0.2, 0.25) is 0 Å². The van der Waals surface area contributed by atoms with Crippen LogP contribution < -0.4 is 0 Å². The number of rotatable bonds is 5. The Balaban J connectivity index is 3.79. The van der Waals surface area contributed by atoms with Gasteiger partial charge in [-0.05, 0) is 6.42 Å². The summed E-state index contributed by atoms with van der Waals surface area (Å²) in [5.74, 6) is 0. The minimum atomic E-state index is -1.31. The molecule has 0 radical (unpaired) electrons. The molecule has 0 aliphatic heterocycles. The number of hydrogen-bond acceptors (Lipinski definition) is 4. The largest absolute Gasteiger partial charge is 0.394 e. The zero-order valence-corrected chi connectivity index (χ0v) is 6.22. The first kappa shape index (κ1) is 10.6. The summed E-state index contributed by atoms with van der Waals surface area (Å²) in [4.78, 5) is 0. The molecule has 66 valence electrons. The molecular weight excluding hydrogens is 148 g/mol. The van der Waals surface area contributed by atoms with Crippen molar-refractivity contribution in [2.45, 2.75) is 24.7 Å². The summed E-state index contributed by atoms with van der Waals surface area (Å²) in [5.41, 5.74) is 0. The molecule has 0 aromatic rings. The van der Waals surface area contributed by atoms with Crippen LogP contribution in [0.4, 0.5) is 0 Å². The van der Waals surface area contributed by atoms with Crippen molar-refractivity contribution in [3.05, 3.63) is 12.7 Å². The van der Waals surface area contributed by atoms with Gasteiger partial charge in [0.05, 0.1) is 12.7 Å². The van der Waals surface area contributed by atoms with E-state index in [0.717, 1.165) is 0 Å². The van der Waals surface area contributed by atoms with Crippen molar-refractivity contribution in [1.29, 1.82) is 0 Å². The fourth-order valence-corrected chi connectivity index (χ4v) is 0.675. The summed E-state index contributed by atoms with van der Waals surface area (Å²) in [7, 11) is 0. The lowest BCUT2D eigenvalue weighted by atomic mass is 10.1. The van der Waals surface area contributed by atoms with Crippen molar-refractivity contribution in [2.24, 2.45) is 0 Å². The maximum absolute atomic E-state index is 9.03. The highest BCUT2D eigenvalue weighted by molar-refractivity contribution is 4.81. The highest BCUT2D eigenvalue weighted by Gasteiger charge is 2.22. The molecule has 0 aromatic carbocycles. The van der Waals surface area contributed by atoms with Gasteiger partial charge in [-0.1, -0.05) is 6.08 Å². The van der Waals surface area contributed by atoms with Gasteiger partial charge in [-0.15, -0.1) is 6.58 Å². The van der Waals surface area contributed by atoms with Gasteiger partial charge in [-0.3, -0.25) is 0 Å². The molecule has 3 atom stereocenters. The van der Waals surface area contributed by atoms with Crippen molar-refractivity contribution < 1.29 is 20.4 Å². The average molecular weight is 162 g/mol. The van der Waals surface area contributed by atoms with E-state index < -0.39 is 24.9 Å². The molecule has 0 aliphatic rings. The van der Waals surface area contributed by atoms with Gasteiger partial charge in [0.25, 0.3) is 0 Å². The van der Waals surface area contributed by atoms with Gasteiger partial charge in [-0.25, -0.2) is 0 Å². The Bertz CT molecular complexity index is 115. The highest BCUT2D eigenvalue weighted by Crippen LogP contribution is 2.03. The first-order valence-electron chi connectivity index (χ1n) is 3.39. The third-order valence-corrected chi connectivity index (χ3v) is 1.38. The van der Waals surface area contributed by atoms with E-state index in [2.05, 4.69) is 6.58 Å². The minimum absolute atomic E-state index is 0.193. The molecule has 0 saturated heterocycles. The maximum atomic E-state index is 9.03. The molecule has 0 unspecified atom stereocenters. The molecule has 0 heterocycles. The van der Waals surface area contributed by atoms with E-state index in [9.17, 15) is 0 Å². The van der Waals surface area contributed by atoms with Gasteiger partial charge in [0.2, 0.25) is 0 Å². The van der Waals surface area contributed by atoms with Gasteiger partial charge in [0, 0.05) is 0 Å². The van der Waals surface area contributed by atoms with Crippen molar-refractivity contribution in [3.63, 3.8) is 0 Å². The third-order valence-electron chi connectivity index (χ3n) is 1.38. The van der Waals surface area contributed by atoms with Crippen LogP contribution >= 0.6 is 0 Å². The van der Waals surface area contributed by atoms with Crippen LogP contribution in [0.3, 0.4) is 0 Å². The molecule has 11 heavy (non-hydrogen) atoms. The number of aliphatic hydroxyl groups excluding tert-OH is 4. The zero-order valence-electron chi connectivity index (χ0n) is 6.22. The summed E-state index contributed by atoms with van der Waals surface area (Å²) in [6.45, 7) is 2.79. The molecular formula is C7H14O4. The summed E-state index contributed by atoms with van der Waals surface area (Å²) in [6.07, 6.45) is -2.03. The van der Waals surface area contributed by atoms with Crippen LogP contribution in [0.1, 0.15) is 6.42 Å². The van der Waals surface area contributed by atoms with Crippen LogP contribution in [-0.2, 0) is 0 Å². The standard InChI is InChI=1S/C7H14O4/c1-2-3-5(9)7(11)6(10)4-8/h2,5-11H,1,3-4H2/t5-,6+,7+/m1/s1. The third kappa shape index (κ3) is 3.48. The second kappa shape index (κ2) is 5.26. The lowest BCUT2D eigenvalue weighted by Crippen LogP contribution is -2.39. The molecule has 4 nitrogen and oxygen atoms in total. The van der Waals surface area contributed by atoms with Gasteiger partial charge >= 0.3 is 0 Å². The van der Waals surface area contributed by atoms with Crippen LogP contribution in [0.25, 0.3) is 0 Å². The van der Waals surface area contributed by atoms with E-state index in [0.29, 0.717) is 0 Å².